The van der Waals surface area contributed by atoms with E-state index >= 15 is 0 Å². The molecule has 21 heavy (non-hydrogen) atoms. The molecule has 1 N–H and O–H groups in total. The van der Waals surface area contributed by atoms with Crippen molar-refractivity contribution in [3.05, 3.63) is 21.9 Å². The SMILES string of the molecule is CCCN1CCCC(CNC)C1c1ccc(C(C)(C)C)s1. The lowest BCUT2D eigenvalue weighted by Crippen LogP contribution is -2.42. The molecular formula is C18H32N2S. The van der Waals surface area contributed by atoms with Gasteiger partial charge in [-0.1, -0.05) is 27.7 Å². The first kappa shape index (κ1) is 17.0. The highest BCUT2D eigenvalue weighted by Crippen LogP contribution is 2.41. The van der Waals surface area contributed by atoms with Crippen LogP contribution in [-0.2, 0) is 5.41 Å². The summed E-state index contributed by atoms with van der Waals surface area (Å²) in [6.45, 7) is 12.9. The van der Waals surface area contributed by atoms with Crippen molar-refractivity contribution < 1.29 is 0 Å². The average molecular weight is 309 g/mol. The summed E-state index contributed by atoms with van der Waals surface area (Å²) >= 11 is 2.04. The van der Waals surface area contributed by atoms with E-state index in [0.717, 1.165) is 12.5 Å². The summed E-state index contributed by atoms with van der Waals surface area (Å²) in [4.78, 5) is 5.82. The molecule has 1 saturated heterocycles. The van der Waals surface area contributed by atoms with E-state index < -0.39 is 0 Å². The van der Waals surface area contributed by atoms with Crippen molar-refractivity contribution in [2.45, 2.75) is 58.4 Å². The average Bonchev–Trinajstić information content (AvgIpc) is 2.89. The molecule has 1 aromatic heterocycles. The Labute approximate surface area is 134 Å². The minimum Gasteiger partial charge on any atom is -0.319 e. The van der Waals surface area contributed by atoms with E-state index in [1.54, 1.807) is 4.88 Å². The third-order valence-electron chi connectivity index (χ3n) is 4.49. The van der Waals surface area contributed by atoms with Crippen molar-refractivity contribution in [2.24, 2.45) is 5.92 Å². The molecule has 0 amide bonds. The Kier molecular flexibility index (Phi) is 5.87. The molecule has 0 radical (unpaired) electrons. The first-order valence-corrected chi connectivity index (χ1v) is 9.28. The number of piperidine rings is 1. The standard InChI is InChI=1S/C18H32N2S/c1-6-11-20-12-7-8-14(13-19-5)17(20)15-9-10-16(21-15)18(2,3)4/h9-10,14,17,19H,6-8,11-13H2,1-5H3. The van der Waals surface area contributed by atoms with Crippen LogP contribution in [0.25, 0.3) is 0 Å². The normalized spacial score (nSPS) is 24.4. The number of hydrogen-bond acceptors (Lipinski definition) is 3. The van der Waals surface area contributed by atoms with Gasteiger partial charge in [0.2, 0.25) is 0 Å². The summed E-state index contributed by atoms with van der Waals surface area (Å²) in [7, 11) is 2.09. The minimum atomic E-state index is 0.270. The van der Waals surface area contributed by atoms with Crippen LogP contribution in [0.1, 0.15) is 62.8 Å². The lowest BCUT2D eigenvalue weighted by molar-refractivity contribution is 0.0949. The van der Waals surface area contributed by atoms with E-state index in [2.05, 4.69) is 57.1 Å². The van der Waals surface area contributed by atoms with Gasteiger partial charge < -0.3 is 5.32 Å². The van der Waals surface area contributed by atoms with Gasteiger partial charge in [-0.3, -0.25) is 4.90 Å². The van der Waals surface area contributed by atoms with Crippen molar-refractivity contribution in [1.82, 2.24) is 10.2 Å². The number of thiophene rings is 1. The molecule has 2 nitrogen and oxygen atoms in total. The highest BCUT2D eigenvalue weighted by atomic mass is 32.1. The number of likely N-dealkylation sites (tertiary alicyclic amines) is 1. The van der Waals surface area contributed by atoms with Crippen molar-refractivity contribution in [3.8, 4) is 0 Å². The van der Waals surface area contributed by atoms with Crippen molar-refractivity contribution in [2.75, 3.05) is 26.7 Å². The van der Waals surface area contributed by atoms with Crippen LogP contribution in [0.2, 0.25) is 0 Å². The highest BCUT2D eigenvalue weighted by molar-refractivity contribution is 7.12. The van der Waals surface area contributed by atoms with Crippen LogP contribution in [-0.4, -0.2) is 31.6 Å². The molecule has 0 saturated carbocycles. The molecule has 2 atom stereocenters. The molecule has 0 spiro atoms. The first-order valence-electron chi connectivity index (χ1n) is 8.46. The molecule has 2 rings (SSSR count). The van der Waals surface area contributed by atoms with Crippen LogP contribution in [0.3, 0.4) is 0 Å². The number of nitrogens with one attached hydrogen (secondary N) is 1. The summed E-state index contributed by atoms with van der Waals surface area (Å²) < 4.78 is 0. The molecule has 2 unspecified atom stereocenters. The van der Waals surface area contributed by atoms with Crippen molar-refractivity contribution >= 4 is 11.3 Å². The topological polar surface area (TPSA) is 15.3 Å². The maximum absolute atomic E-state index is 3.41. The molecule has 1 fully saturated rings. The van der Waals surface area contributed by atoms with Crippen molar-refractivity contribution in [1.29, 1.82) is 0 Å². The van der Waals surface area contributed by atoms with Crippen LogP contribution in [0.4, 0.5) is 0 Å². The smallest absolute Gasteiger partial charge is 0.0481 e. The third kappa shape index (κ3) is 4.08. The van der Waals surface area contributed by atoms with Crippen LogP contribution >= 0.6 is 11.3 Å². The predicted octanol–water partition coefficient (Wildman–Crippen LogP) is 4.43. The van der Waals surface area contributed by atoms with Gasteiger partial charge in [0.15, 0.2) is 0 Å². The zero-order chi connectivity index (χ0) is 15.5. The lowest BCUT2D eigenvalue weighted by atomic mass is 9.87. The molecule has 1 aromatic rings. The zero-order valence-corrected chi connectivity index (χ0v) is 15.2. The van der Waals surface area contributed by atoms with Gasteiger partial charge in [-0.2, -0.15) is 0 Å². The van der Waals surface area contributed by atoms with Crippen molar-refractivity contribution in [3.63, 3.8) is 0 Å². The summed E-state index contributed by atoms with van der Waals surface area (Å²) in [5.74, 6) is 0.752. The highest BCUT2D eigenvalue weighted by Gasteiger charge is 2.33. The van der Waals surface area contributed by atoms with Crippen LogP contribution in [0, 0.1) is 5.92 Å². The van der Waals surface area contributed by atoms with Crippen LogP contribution in [0.15, 0.2) is 12.1 Å². The Morgan fingerprint density at radius 3 is 2.67 bits per heavy atom. The second kappa shape index (κ2) is 7.26. The van der Waals surface area contributed by atoms with E-state index in [1.165, 1.54) is 37.2 Å². The molecule has 3 heteroatoms. The predicted molar refractivity (Wildman–Crippen MR) is 94.3 cm³/mol. The summed E-state index contributed by atoms with van der Waals surface area (Å²) in [5.41, 5.74) is 0.270. The minimum absolute atomic E-state index is 0.270. The van der Waals surface area contributed by atoms with Gasteiger partial charge in [-0.15, -0.1) is 11.3 Å². The van der Waals surface area contributed by atoms with E-state index in [9.17, 15) is 0 Å². The van der Waals surface area contributed by atoms with Gasteiger partial charge in [0.1, 0.15) is 0 Å². The number of rotatable bonds is 5. The maximum Gasteiger partial charge on any atom is 0.0481 e. The molecular weight excluding hydrogens is 276 g/mol. The van der Waals surface area contributed by atoms with Crippen LogP contribution < -0.4 is 5.32 Å². The largest absolute Gasteiger partial charge is 0.319 e. The van der Waals surface area contributed by atoms with Gasteiger partial charge in [-0.05, 0) is 69.4 Å². The monoisotopic (exact) mass is 308 g/mol. The molecule has 0 bridgehead atoms. The molecule has 1 aliphatic heterocycles. The summed E-state index contributed by atoms with van der Waals surface area (Å²) in [5, 5.41) is 3.41. The van der Waals surface area contributed by atoms with Crippen LogP contribution in [0.5, 0.6) is 0 Å². The second-order valence-corrected chi connectivity index (χ2v) is 8.51. The molecule has 120 valence electrons. The maximum atomic E-state index is 3.41. The number of hydrogen-bond donors (Lipinski definition) is 1. The van der Waals surface area contributed by atoms with Gasteiger partial charge >= 0.3 is 0 Å². The number of nitrogens with zero attached hydrogens (tertiary/aromatic N) is 1. The Balaban J connectivity index is 2.26. The Morgan fingerprint density at radius 2 is 2.10 bits per heavy atom. The quantitative estimate of drug-likeness (QED) is 0.866. The van der Waals surface area contributed by atoms with E-state index in [0.29, 0.717) is 6.04 Å². The fourth-order valence-corrected chi connectivity index (χ4v) is 4.79. The molecule has 0 aromatic carbocycles. The molecule has 1 aliphatic rings. The van der Waals surface area contributed by atoms with E-state index in [1.807, 2.05) is 11.3 Å². The molecule has 0 aliphatic carbocycles. The Bertz CT molecular complexity index is 415. The van der Waals surface area contributed by atoms with E-state index in [4.69, 9.17) is 0 Å². The van der Waals surface area contributed by atoms with Gasteiger partial charge in [0.05, 0.1) is 0 Å². The third-order valence-corrected chi connectivity index (χ3v) is 6.08. The lowest BCUT2D eigenvalue weighted by Gasteiger charge is -2.41. The Morgan fingerprint density at radius 1 is 1.33 bits per heavy atom. The van der Waals surface area contributed by atoms with Gasteiger partial charge in [-0.25, -0.2) is 0 Å². The van der Waals surface area contributed by atoms with E-state index in [-0.39, 0.29) is 5.41 Å². The summed E-state index contributed by atoms with van der Waals surface area (Å²) in [6, 6.07) is 5.37. The van der Waals surface area contributed by atoms with Gasteiger partial charge in [0, 0.05) is 15.8 Å². The first-order chi connectivity index (χ1) is 9.97. The van der Waals surface area contributed by atoms with Gasteiger partial charge in [0.25, 0.3) is 0 Å². The molecule has 2 heterocycles. The fraction of sp³-hybridized carbons (Fsp3) is 0.778. The Hall–Kier alpha value is -0.380. The fourth-order valence-electron chi connectivity index (χ4n) is 3.49. The summed E-state index contributed by atoms with van der Waals surface area (Å²) in [6.07, 6.45) is 3.95. The zero-order valence-electron chi connectivity index (χ0n) is 14.4. The second-order valence-electron chi connectivity index (χ2n) is 7.39.